The van der Waals surface area contributed by atoms with E-state index in [-0.39, 0.29) is 11.3 Å². The second kappa shape index (κ2) is 4.80. The zero-order chi connectivity index (χ0) is 14.1. The topological polar surface area (TPSA) is 81.0 Å². The van der Waals surface area contributed by atoms with Crippen LogP contribution in [0.25, 0.3) is 22.4 Å². The summed E-state index contributed by atoms with van der Waals surface area (Å²) in [6.45, 7) is 4.22. The summed E-state index contributed by atoms with van der Waals surface area (Å²) in [7, 11) is 0. The summed E-state index contributed by atoms with van der Waals surface area (Å²) in [5.74, 6) is 1.27. The SMILES string of the molecule is CCOc1ccc(-c2noc3nc(C)[nH]c(=O)c23)cc1. The molecule has 6 nitrogen and oxygen atoms in total. The number of ether oxygens (including phenoxy) is 1. The van der Waals surface area contributed by atoms with Crippen LogP contribution in [0.5, 0.6) is 5.75 Å². The molecule has 0 aliphatic heterocycles. The molecule has 0 spiro atoms. The number of aryl methyl sites for hydroxylation is 1. The zero-order valence-corrected chi connectivity index (χ0v) is 11.1. The first-order valence-corrected chi connectivity index (χ1v) is 6.28. The van der Waals surface area contributed by atoms with Gasteiger partial charge in [0, 0.05) is 5.56 Å². The van der Waals surface area contributed by atoms with Crippen LogP contribution < -0.4 is 10.3 Å². The Morgan fingerprint density at radius 1 is 1.30 bits per heavy atom. The van der Waals surface area contributed by atoms with Crippen molar-refractivity contribution >= 4 is 11.1 Å². The first-order valence-electron chi connectivity index (χ1n) is 6.28. The van der Waals surface area contributed by atoms with Gasteiger partial charge in [-0.2, -0.15) is 4.98 Å². The number of hydrogen-bond acceptors (Lipinski definition) is 5. The van der Waals surface area contributed by atoms with E-state index in [2.05, 4.69) is 15.1 Å². The van der Waals surface area contributed by atoms with Gasteiger partial charge < -0.3 is 14.2 Å². The summed E-state index contributed by atoms with van der Waals surface area (Å²) in [6.07, 6.45) is 0. The lowest BCUT2D eigenvalue weighted by Crippen LogP contribution is -2.09. The Hall–Kier alpha value is -2.63. The number of benzene rings is 1. The van der Waals surface area contributed by atoms with E-state index in [9.17, 15) is 4.79 Å². The van der Waals surface area contributed by atoms with E-state index in [4.69, 9.17) is 9.26 Å². The molecule has 3 aromatic rings. The van der Waals surface area contributed by atoms with Crippen molar-refractivity contribution in [2.24, 2.45) is 0 Å². The van der Waals surface area contributed by atoms with Crippen molar-refractivity contribution in [2.75, 3.05) is 6.61 Å². The number of fused-ring (bicyclic) bond motifs is 1. The fraction of sp³-hybridized carbons (Fsp3) is 0.214. The lowest BCUT2D eigenvalue weighted by molar-refractivity contribution is 0.340. The maximum atomic E-state index is 12.0. The molecular weight excluding hydrogens is 258 g/mol. The third kappa shape index (κ3) is 2.05. The van der Waals surface area contributed by atoms with Crippen molar-refractivity contribution in [3.05, 3.63) is 40.4 Å². The standard InChI is InChI=1S/C14H13N3O3/c1-3-19-10-6-4-9(5-7-10)12-11-13(18)15-8(2)16-14(11)20-17-12/h4-7H,3H2,1-2H3,(H,15,16,18). The third-order valence-corrected chi connectivity index (χ3v) is 2.90. The minimum absolute atomic E-state index is 0.245. The first kappa shape index (κ1) is 12.4. The molecule has 0 amide bonds. The maximum absolute atomic E-state index is 12.0. The van der Waals surface area contributed by atoms with Crippen LogP contribution in [-0.2, 0) is 0 Å². The van der Waals surface area contributed by atoms with Gasteiger partial charge in [0.05, 0.1) is 6.61 Å². The summed E-state index contributed by atoms with van der Waals surface area (Å²) in [5, 5.41) is 4.31. The predicted molar refractivity (Wildman–Crippen MR) is 73.8 cm³/mol. The van der Waals surface area contributed by atoms with Crippen molar-refractivity contribution in [3.8, 4) is 17.0 Å². The second-order valence-corrected chi connectivity index (χ2v) is 4.32. The van der Waals surface area contributed by atoms with E-state index in [1.54, 1.807) is 6.92 Å². The van der Waals surface area contributed by atoms with Crippen molar-refractivity contribution in [1.82, 2.24) is 15.1 Å². The molecule has 0 aliphatic rings. The van der Waals surface area contributed by atoms with Gasteiger partial charge in [0.15, 0.2) is 0 Å². The fourth-order valence-corrected chi connectivity index (χ4v) is 2.04. The normalized spacial score (nSPS) is 10.9. The summed E-state index contributed by atoms with van der Waals surface area (Å²) < 4.78 is 10.5. The molecule has 102 valence electrons. The van der Waals surface area contributed by atoms with E-state index in [0.717, 1.165) is 11.3 Å². The highest BCUT2D eigenvalue weighted by molar-refractivity contribution is 5.88. The highest BCUT2D eigenvalue weighted by atomic mass is 16.5. The van der Waals surface area contributed by atoms with Gasteiger partial charge in [-0.05, 0) is 38.1 Å². The van der Waals surface area contributed by atoms with Crippen LogP contribution in [0.1, 0.15) is 12.7 Å². The molecule has 0 radical (unpaired) electrons. The highest BCUT2D eigenvalue weighted by Crippen LogP contribution is 2.26. The van der Waals surface area contributed by atoms with E-state index < -0.39 is 0 Å². The van der Waals surface area contributed by atoms with Crippen LogP contribution in [0.3, 0.4) is 0 Å². The molecule has 0 fully saturated rings. The lowest BCUT2D eigenvalue weighted by atomic mass is 10.1. The first-order chi connectivity index (χ1) is 9.69. The van der Waals surface area contributed by atoms with Crippen molar-refractivity contribution in [1.29, 1.82) is 0 Å². The van der Waals surface area contributed by atoms with Crippen LogP contribution >= 0.6 is 0 Å². The number of rotatable bonds is 3. The van der Waals surface area contributed by atoms with E-state index in [1.807, 2.05) is 31.2 Å². The van der Waals surface area contributed by atoms with Crippen LogP contribution in [0.2, 0.25) is 0 Å². The average Bonchev–Trinajstić information content (AvgIpc) is 2.84. The molecule has 2 aromatic heterocycles. The van der Waals surface area contributed by atoms with Crippen molar-refractivity contribution < 1.29 is 9.26 Å². The Morgan fingerprint density at radius 2 is 2.05 bits per heavy atom. The smallest absolute Gasteiger partial charge is 0.265 e. The van der Waals surface area contributed by atoms with E-state index >= 15 is 0 Å². The molecular formula is C14H13N3O3. The molecule has 0 atom stereocenters. The van der Waals surface area contributed by atoms with Gasteiger partial charge >= 0.3 is 0 Å². The van der Waals surface area contributed by atoms with Gasteiger partial charge in [0.2, 0.25) is 0 Å². The van der Waals surface area contributed by atoms with Crippen LogP contribution in [0, 0.1) is 6.92 Å². The van der Waals surface area contributed by atoms with Gasteiger partial charge in [-0.15, -0.1) is 0 Å². The number of hydrogen-bond donors (Lipinski definition) is 1. The molecule has 0 aliphatic carbocycles. The molecule has 20 heavy (non-hydrogen) atoms. The number of aromatic nitrogens is 3. The zero-order valence-electron chi connectivity index (χ0n) is 11.1. The van der Waals surface area contributed by atoms with Gasteiger partial charge in [-0.3, -0.25) is 4.79 Å². The maximum Gasteiger partial charge on any atom is 0.265 e. The molecule has 1 N–H and O–H groups in total. The third-order valence-electron chi connectivity index (χ3n) is 2.90. The number of nitrogens with one attached hydrogen (secondary N) is 1. The Bertz CT molecular complexity index is 803. The van der Waals surface area contributed by atoms with E-state index in [1.165, 1.54) is 0 Å². The minimum Gasteiger partial charge on any atom is -0.494 e. The predicted octanol–water partition coefficient (Wildman–Crippen LogP) is 2.29. The molecule has 2 heterocycles. The van der Waals surface area contributed by atoms with Gasteiger partial charge in [0.25, 0.3) is 11.3 Å². The van der Waals surface area contributed by atoms with Crippen LogP contribution in [0.4, 0.5) is 0 Å². The number of aromatic amines is 1. The van der Waals surface area contributed by atoms with E-state index in [0.29, 0.717) is 23.5 Å². The molecule has 0 saturated heterocycles. The quantitative estimate of drug-likeness (QED) is 0.790. The van der Waals surface area contributed by atoms with Crippen LogP contribution in [-0.4, -0.2) is 21.7 Å². The minimum atomic E-state index is -0.252. The monoisotopic (exact) mass is 271 g/mol. The molecule has 0 unspecified atom stereocenters. The van der Waals surface area contributed by atoms with Gasteiger partial charge in [0.1, 0.15) is 22.7 Å². The summed E-state index contributed by atoms with van der Waals surface area (Å²) in [5.41, 5.74) is 1.26. The highest BCUT2D eigenvalue weighted by Gasteiger charge is 2.15. The van der Waals surface area contributed by atoms with Gasteiger partial charge in [-0.1, -0.05) is 5.16 Å². The van der Waals surface area contributed by atoms with Crippen molar-refractivity contribution in [3.63, 3.8) is 0 Å². The summed E-state index contributed by atoms with van der Waals surface area (Å²) >= 11 is 0. The average molecular weight is 271 g/mol. The molecule has 0 saturated carbocycles. The Balaban J connectivity index is 2.12. The van der Waals surface area contributed by atoms with Crippen molar-refractivity contribution in [2.45, 2.75) is 13.8 Å². The van der Waals surface area contributed by atoms with Gasteiger partial charge in [-0.25, -0.2) is 0 Å². The van der Waals surface area contributed by atoms with Crippen LogP contribution in [0.15, 0.2) is 33.6 Å². The Kier molecular flexibility index (Phi) is 2.98. The lowest BCUT2D eigenvalue weighted by Gasteiger charge is -2.03. The second-order valence-electron chi connectivity index (χ2n) is 4.32. The molecule has 3 rings (SSSR count). The molecule has 1 aromatic carbocycles. The number of nitrogens with zero attached hydrogens (tertiary/aromatic N) is 2. The molecule has 6 heteroatoms. The Labute approximate surface area is 114 Å². The number of H-pyrrole nitrogens is 1. The fourth-order valence-electron chi connectivity index (χ4n) is 2.04. The largest absolute Gasteiger partial charge is 0.494 e. The Morgan fingerprint density at radius 3 is 2.75 bits per heavy atom. The molecule has 0 bridgehead atoms. The summed E-state index contributed by atoms with van der Waals surface area (Å²) in [6, 6.07) is 7.33. The summed E-state index contributed by atoms with van der Waals surface area (Å²) in [4.78, 5) is 18.8.